The third-order valence-electron chi connectivity index (χ3n) is 3.04. The third kappa shape index (κ3) is 2.71. The molecule has 1 amide bonds. The molecule has 112 valence electrons. The van der Waals surface area contributed by atoms with E-state index in [1.54, 1.807) is 24.4 Å². The molecule has 22 heavy (non-hydrogen) atoms. The van der Waals surface area contributed by atoms with Crippen molar-refractivity contribution in [3.8, 4) is 5.75 Å². The van der Waals surface area contributed by atoms with Gasteiger partial charge in [0.25, 0.3) is 5.91 Å². The summed E-state index contributed by atoms with van der Waals surface area (Å²) in [6.07, 6.45) is 1.67. The van der Waals surface area contributed by atoms with Gasteiger partial charge >= 0.3 is 5.63 Å². The lowest BCUT2D eigenvalue weighted by molar-refractivity contribution is 0.102. The van der Waals surface area contributed by atoms with Gasteiger partial charge in [-0.3, -0.25) is 10.1 Å². The minimum Gasteiger partial charge on any atom is -0.497 e. The molecular weight excluding hydrogens is 304 g/mol. The zero-order chi connectivity index (χ0) is 15.7. The highest BCUT2D eigenvalue weighted by molar-refractivity contribution is 7.15. The Hall–Kier alpha value is -2.67. The van der Waals surface area contributed by atoms with Gasteiger partial charge in [-0.1, -0.05) is 0 Å². The summed E-state index contributed by atoms with van der Waals surface area (Å²) in [4.78, 5) is 29.1. The lowest BCUT2D eigenvalue weighted by Crippen LogP contribution is -2.15. The predicted molar refractivity (Wildman–Crippen MR) is 83.8 cm³/mol. The molecule has 0 aliphatic rings. The fourth-order valence-corrected chi connectivity index (χ4v) is 2.69. The first-order chi connectivity index (χ1) is 10.6. The largest absolute Gasteiger partial charge is 0.497 e. The van der Waals surface area contributed by atoms with Crippen molar-refractivity contribution in [1.29, 1.82) is 0 Å². The molecule has 0 bridgehead atoms. The van der Waals surface area contributed by atoms with Crippen molar-refractivity contribution in [3.63, 3.8) is 0 Å². The molecule has 0 saturated carbocycles. The molecule has 0 radical (unpaired) electrons. The maximum absolute atomic E-state index is 12.4. The molecule has 0 fully saturated rings. The molecule has 3 rings (SSSR count). The van der Waals surface area contributed by atoms with E-state index in [0.717, 1.165) is 4.88 Å². The van der Waals surface area contributed by atoms with Gasteiger partial charge in [-0.05, 0) is 19.1 Å². The Kier molecular flexibility index (Phi) is 3.64. The fourth-order valence-electron chi connectivity index (χ4n) is 2.03. The highest BCUT2D eigenvalue weighted by Crippen LogP contribution is 2.24. The molecule has 1 N–H and O–H groups in total. The van der Waals surface area contributed by atoms with Crippen LogP contribution in [0.5, 0.6) is 5.75 Å². The van der Waals surface area contributed by atoms with Crippen molar-refractivity contribution in [2.75, 3.05) is 12.4 Å². The second kappa shape index (κ2) is 5.61. The van der Waals surface area contributed by atoms with Crippen LogP contribution in [0.2, 0.25) is 0 Å². The number of hydrogen-bond acceptors (Lipinski definition) is 6. The summed E-state index contributed by atoms with van der Waals surface area (Å²) in [5, 5.41) is 3.70. The van der Waals surface area contributed by atoms with Gasteiger partial charge in [-0.15, -0.1) is 11.3 Å². The Morgan fingerprint density at radius 2 is 2.18 bits per heavy atom. The van der Waals surface area contributed by atoms with E-state index >= 15 is 0 Å². The number of anilines is 1. The summed E-state index contributed by atoms with van der Waals surface area (Å²) in [6.45, 7) is 1.89. The molecular formula is C15H12N2O4S. The van der Waals surface area contributed by atoms with E-state index in [0.29, 0.717) is 21.9 Å². The second-order valence-corrected chi connectivity index (χ2v) is 5.81. The molecule has 7 heteroatoms. The number of hydrogen-bond donors (Lipinski definition) is 1. The smallest absolute Gasteiger partial charge is 0.337 e. The number of thiazole rings is 1. The predicted octanol–water partition coefficient (Wildman–Crippen LogP) is 2.82. The second-order valence-electron chi connectivity index (χ2n) is 4.57. The molecule has 0 aliphatic heterocycles. The van der Waals surface area contributed by atoms with Crippen LogP contribution >= 0.6 is 11.3 Å². The molecule has 0 unspecified atom stereocenters. The number of nitrogens with one attached hydrogen (secondary N) is 1. The number of amides is 1. The number of methoxy groups -OCH3 is 1. The molecule has 0 saturated heterocycles. The number of carbonyl (C=O) groups is 1. The standard InChI is InChI=1S/C15H12N2O4S/c1-8-7-16-15(22-8)17-14(19)11-6-13(18)21-12-5-9(20-2)3-4-10(11)12/h3-7H,1-2H3,(H,16,17,19). The van der Waals surface area contributed by atoms with Crippen molar-refractivity contribution < 1.29 is 13.9 Å². The van der Waals surface area contributed by atoms with E-state index in [2.05, 4.69) is 10.3 Å². The first-order valence-corrected chi connectivity index (χ1v) is 7.24. The van der Waals surface area contributed by atoms with Crippen LogP contribution in [0.3, 0.4) is 0 Å². The summed E-state index contributed by atoms with van der Waals surface area (Å²) in [5.74, 6) is 0.140. The maximum atomic E-state index is 12.4. The maximum Gasteiger partial charge on any atom is 0.337 e. The van der Waals surface area contributed by atoms with Crippen LogP contribution in [0.15, 0.2) is 39.7 Å². The molecule has 0 aliphatic carbocycles. The van der Waals surface area contributed by atoms with E-state index in [1.807, 2.05) is 6.92 Å². The summed E-state index contributed by atoms with van der Waals surface area (Å²) in [6, 6.07) is 6.12. The molecule has 2 heterocycles. The van der Waals surface area contributed by atoms with Crippen molar-refractivity contribution in [2.24, 2.45) is 0 Å². The Bertz CT molecular complexity index is 913. The Labute approximate surface area is 129 Å². The topological polar surface area (TPSA) is 81.4 Å². The van der Waals surface area contributed by atoms with Crippen molar-refractivity contribution >= 4 is 33.3 Å². The quantitative estimate of drug-likeness (QED) is 0.751. The van der Waals surface area contributed by atoms with E-state index in [-0.39, 0.29) is 5.56 Å². The minimum atomic E-state index is -0.596. The summed E-state index contributed by atoms with van der Waals surface area (Å²) < 4.78 is 10.2. The highest BCUT2D eigenvalue weighted by Gasteiger charge is 2.15. The number of aryl methyl sites for hydroxylation is 1. The van der Waals surface area contributed by atoms with Gasteiger partial charge < -0.3 is 9.15 Å². The highest BCUT2D eigenvalue weighted by atomic mass is 32.1. The molecule has 1 aromatic carbocycles. The molecule has 0 atom stereocenters. The van der Waals surface area contributed by atoms with Crippen molar-refractivity contribution in [3.05, 3.63) is 51.3 Å². The van der Waals surface area contributed by atoms with Gasteiger partial charge in [0.05, 0.1) is 12.7 Å². The van der Waals surface area contributed by atoms with E-state index in [4.69, 9.17) is 9.15 Å². The SMILES string of the molecule is COc1ccc2c(C(=O)Nc3ncc(C)s3)cc(=O)oc2c1. The Balaban J connectivity index is 2.05. The van der Waals surface area contributed by atoms with Crippen molar-refractivity contribution in [2.45, 2.75) is 6.92 Å². The number of carbonyl (C=O) groups excluding carboxylic acids is 1. The average Bonchev–Trinajstić information content (AvgIpc) is 2.90. The first-order valence-electron chi connectivity index (χ1n) is 6.42. The number of benzene rings is 1. The normalized spacial score (nSPS) is 10.6. The number of fused-ring (bicyclic) bond motifs is 1. The lowest BCUT2D eigenvalue weighted by atomic mass is 10.1. The van der Waals surface area contributed by atoms with E-state index in [9.17, 15) is 9.59 Å². The van der Waals surface area contributed by atoms with Gasteiger partial charge in [-0.25, -0.2) is 9.78 Å². The Morgan fingerprint density at radius 3 is 2.86 bits per heavy atom. The average molecular weight is 316 g/mol. The van der Waals surface area contributed by atoms with E-state index in [1.165, 1.54) is 24.5 Å². The van der Waals surface area contributed by atoms with Gasteiger partial charge in [0.2, 0.25) is 0 Å². The third-order valence-corrected chi connectivity index (χ3v) is 3.87. The minimum absolute atomic E-state index is 0.238. The van der Waals surface area contributed by atoms with Gasteiger partial charge in [0.15, 0.2) is 5.13 Å². The number of aromatic nitrogens is 1. The van der Waals surface area contributed by atoms with Crippen LogP contribution in [0, 0.1) is 6.92 Å². The number of rotatable bonds is 3. The Morgan fingerprint density at radius 1 is 1.36 bits per heavy atom. The first kappa shape index (κ1) is 14.3. The monoisotopic (exact) mass is 316 g/mol. The van der Waals surface area contributed by atoms with Crippen molar-refractivity contribution in [1.82, 2.24) is 4.98 Å². The number of nitrogens with zero attached hydrogens (tertiary/aromatic N) is 1. The summed E-state index contributed by atoms with van der Waals surface area (Å²) >= 11 is 1.36. The molecule has 2 aromatic heterocycles. The molecule has 6 nitrogen and oxygen atoms in total. The van der Waals surface area contributed by atoms with Gasteiger partial charge in [0.1, 0.15) is 11.3 Å². The van der Waals surface area contributed by atoms with Crippen LogP contribution in [0.25, 0.3) is 11.0 Å². The van der Waals surface area contributed by atoms with Crippen LogP contribution in [-0.4, -0.2) is 18.0 Å². The summed E-state index contributed by atoms with van der Waals surface area (Å²) in [5.41, 5.74) is -0.0599. The molecule has 3 aromatic rings. The van der Waals surface area contributed by atoms with Gasteiger partial charge in [-0.2, -0.15) is 0 Å². The zero-order valence-corrected chi connectivity index (χ0v) is 12.7. The fraction of sp³-hybridized carbons (Fsp3) is 0.133. The lowest BCUT2D eigenvalue weighted by Gasteiger charge is -2.06. The molecule has 0 spiro atoms. The van der Waals surface area contributed by atoms with Crippen LogP contribution in [0.4, 0.5) is 5.13 Å². The summed E-state index contributed by atoms with van der Waals surface area (Å²) in [7, 11) is 1.51. The van der Waals surface area contributed by atoms with E-state index < -0.39 is 11.5 Å². The van der Waals surface area contributed by atoms with Crippen LogP contribution in [0.1, 0.15) is 15.2 Å². The van der Waals surface area contributed by atoms with Gasteiger partial charge in [0, 0.05) is 28.6 Å². The number of ether oxygens (including phenoxy) is 1. The van der Waals surface area contributed by atoms with Crippen LogP contribution < -0.4 is 15.7 Å². The zero-order valence-electron chi connectivity index (χ0n) is 11.9. The van der Waals surface area contributed by atoms with Crippen LogP contribution in [-0.2, 0) is 0 Å².